The first kappa shape index (κ1) is 13.7. The second kappa shape index (κ2) is 6.45. The molecule has 0 radical (unpaired) electrons. The normalized spacial score (nSPS) is 14.1. The molecule has 0 bridgehead atoms. The van der Waals surface area contributed by atoms with Gasteiger partial charge in [-0.05, 0) is 25.0 Å². The van der Waals surface area contributed by atoms with Crippen molar-refractivity contribution < 1.29 is 14.3 Å². The Labute approximate surface area is 114 Å². The smallest absolute Gasteiger partial charge is 0.227 e. The number of hydrogen-bond acceptors (Lipinski definition) is 3. The molecule has 4 nitrogen and oxygen atoms in total. The van der Waals surface area contributed by atoms with Gasteiger partial charge in [-0.2, -0.15) is 0 Å². The van der Waals surface area contributed by atoms with Crippen molar-refractivity contribution in [2.24, 2.45) is 5.92 Å². The summed E-state index contributed by atoms with van der Waals surface area (Å²) >= 11 is 0. The number of anilines is 1. The monoisotopic (exact) mass is 263 g/mol. The van der Waals surface area contributed by atoms with E-state index < -0.39 is 0 Å². The number of carbonyl (C=O) groups excluding carboxylic acids is 1. The maximum Gasteiger partial charge on any atom is 0.227 e. The average Bonchev–Trinajstić information content (AvgIpc) is 2.64. The quantitative estimate of drug-likeness (QED) is 0.907. The van der Waals surface area contributed by atoms with Crippen molar-refractivity contribution >= 4 is 11.6 Å². The molecule has 0 spiro atoms. The maximum atomic E-state index is 12.0. The zero-order chi connectivity index (χ0) is 13.7. The SMILES string of the molecule is CCC(CC)C(=O)Nc1ccc2c(c1)OCCCO2. The minimum absolute atomic E-state index is 0.0657. The zero-order valence-corrected chi connectivity index (χ0v) is 11.6. The van der Waals surface area contributed by atoms with Gasteiger partial charge in [0, 0.05) is 24.1 Å². The third kappa shape index (κ3) is 3.40. The zero-order valence-electron chi connectivity index (χ0n) is 11.6. The molecule has 0 atom stereocenters. The van der Waals surface area contributed by atoms with E-state index in [9.17, 15) is 4.79 Å². The van der Waals surface area contributed by atoms with Gasteiger partial charge in [0.1, 0.15) is 0 Å². The van der Waals surface area contributed by atoms with Crippen LogP contribution in [0.5, 0.6) is 11.5 Å². The van der Waals surface area contributed by atoms with Gasteiger partial charge in [0.05, 0.1) is 13.2 Å². The van der Waals surface area contributed by atoms with Gasteiger partial charge in [-0.1, -0.05) is 13.8 Å². The van der Waals surface area contributed by atoms with E-state index in [0.29, 0.717) is 19.0 Å². The molecule has 4 heteroatoms. The Bertz CT molecular complexity index is 441. The van der Waals surface area contributed by atoms with Gasteiger partial charge >= 0.3 is 0 Å². The number of amides is 1. The molecular formula is C15H21NO3. The molecule has 19 heavy (non-hydrogen) atoms. The van der Waals surface area contributed by atoms with Crippen LogP contribution in [0.15, 0.2) is 18.2 Å². The van der Waals surface area contributed by atoms with Crippen LogP contribution in [0.3, 0.4) is 0 Å². The number of nitrogens with one attached hydrogen (secondary N) is 1. The summed E-state index contributed by atoms with van der Waals surface area (Å²) in [6.07, 6.45) is 2.59. The lowest BCUT2D eigenvalue weighted by Gasteiger charge is -2.14. The number of carbonyl (C=O) groups is 1. The lowest BCUT2D eigenvalue weighted by Crippen LogP contribution is -2.21. The van der Waals surface area contributed by atoms with Crippen molar-refractivity contribution in [1.82, 2.24) is 0 Å². The standard InChI is InChI=1S/C15H21NO3/c1-3-11(4-2)15(17)16-12-6-7-13-14(10-12)19-9-5-8-18-13/h6-7,10-11H,3-5,8-9H2,1-2H3,(H,16,17). The summed E-state index contributed by atoms with van der Waals surface area (Å²) in [7, 11) is 0. The van der Waals surface area contributed by atoms with E-state index in [1.54, 1.807) is 0 Å². The molecule has 0 saturated heterocycles. The molecule has 0 aromatic heterocycles. The maximum absolute atomic E-state index is 12.0. The van der Waals surface area contributed by atoms with Crippen LogP contribution in [0.4, 0.5) is 5.69 Å². The number of ether oxygens (including phenoxy) is 2. The Kier molecular flexibility index (Phi) is 4.66. The molecule has 0 unspecified atom stereocenters. The van der Waals surface area contributed by atoms with Crippen molar-refractivity contribution in [3.05, 3.63) is 18.2 Å². The summed E-state index contributed by atoms with van der Waals surface area (Å²) in [6, 6.07) is 5.54. The van der Waals surface area contributed by atoms with Gasteiger partial charge < -0.3 is 14.8 Å². The van der Waals surface area contributed by atoms with E-state index in [4.69, 9.17) is 9.47 Å². The number of fused-ring (bicyclic) bond motifs is 1. The summed E-state index contributed by atoms with van der Waals surface area (Å²) in [5.74, 6) is 1.59. The Morgan fingerprint density at radius 1 is 1.21 bits per heavy atom. The fourth-order valence-electron chi connectivity index (χ4n) is 2.14. The van der Waals surface area contributed by atoms with Gasteiger partial charge in [-0.3, -0.25) is 4.79 Å². The predicted molar refractivity (Wildman–Crippen MR) is 74.8 cm³/mol. The summed E-state index contributed by atoms with van der Waals surface area (Å²) in [5.41, 5.74) is 0.765. The largest absolute Gasteiger partial charge is 0.490 e. The molecule has 2 rings (SSSR count). The molecule has 104 valence electrons. The second-order valence-electron chi connectivity index (χ2n) is 4.71. The second-order valence-corrected chi connectivity index (χ2v) is 4.71. The van der Waals surface area contributed by atoms with Gasteiger partial charge in [-0.25, -0.2) is 0 Å². The van der Waals surface area contributed by atoms with Crippen LogP contribution in [0, 0.1) is 5.92 Å². The molecule has 1 amide bonds. The van der Waals surface area contributed by atoms with Crippen molar-refractivity contribution in [2.45, 2.75) is 33.1 Å². The lowest BCUT2D eigenvalue weighted by molar-refractivity contribution is -0.120. The first-order valence-electron chi connectivity index (χ1n) is 6.95. The Morgan fingerprint density at radius 3 is 2.58 bits per heavy atom. The highest BCUT2D eigenvalue weighted by molar-refractivity contribution is 5.92. The van der Waals surface area contributed by atoms with Crippen LogP contribution in [-0.4, -0.2) is 19.1 Å². The van der Waals surface area contributed by atoms with Gasteiger partial charge in [0.15, 0.2) is 11.5 Å². The fourth-order valence-corrected chi connectivity index (χ4v) is 2.14. The van der Waals surface area contributed by atoms with Crippen molar-refractivity contribution in [1.29, 1.82) is 0 Å². The van der Waals surface area contributed by atoms with E-state index in [0.717, 1.165) is 30.7 Å². The highest BCUT2D eigenvalue weighted by Crippen LogP contribution is 2.32. The summed E-state index contributed by atoms with van der Waals surface area (Å²) in [5, 5.41) is 2.94. The van der Waals surface area contributed by atoms with Crippen LogP contribution in [0.2, 0.25) is 0 Å². The number of hydrogen-bond donors (Lipinski definition) is 1. The third-order valence-electron chi connectivity index (χ3n) is 3.37. The summed E-state index contributed by atoms with van der Waals surface area (Å²) in [6.45, 7) is 5.38. The molecule has 1 aromatic carbocycles. The van der Waals surface area contributed by atoms with E-state index >= 15 is 0 Å². The van der Waals surface area contributed by atoms with E-state index in [1.165, 1.54) is 0 Å². The Balaban J connectivity index is 2.09. The lowest BCUT2D eigenvalue weighted by atomic mass is 10.0. The van der Waals surface area contributed by atoms with E-state index in [2.05, 4.69) is 5.32 Å². The minimum Gasteiger partial charge on any atom is -0.490 e. The third-order valence-corrected chi connectivity index (χ3v) is 3.37. The van der Waals surface area contributed by atoms with Gasteiger partial charge in [0.2, 0.25) is 5.91 Å². The summed E-state index contributed by atoms with van der Waals surface area (Å²) in [4.78, 5) is 12.0. The molecule has 1 aromatic rings. The van der Waals surface area contributed by atoms with Crippen molar-refractivity contribution in [3.8, 4) is 11.5 Å². The minimum atomic E-state index is 0.0657. The first-order chi connectivity index (χ1) is 9.24. The van der Waals surface area contributed by atoms with Crippen LogP contribution < -0.4 is 14.8 Å². The molecule has 0 aliphatic carbocycles. The Hall–Kier alpha value is -1.71. The summed E-state index contributed by atoms with van der Waals surface area (Å²) < 4.78 is 11.2. The molecule has 1 heterocycles. The molecule has 1 aliphatic rings. The van der Waals surface area contributed by atoms with Crippen molar-refractivity contribution in [2.75, 3.05) is 18.5 Å². The van der Waals surface area contributed by atoms with Gasteiger partial charge in [0.25, 0.3) is 0 Å². The first-order valence-corrected chi connectivity index (χ1v) is 6.95. The average molecular weight is 263 g/mol. The van der Waals surface area contributed by atoms with E-state index in [1.807, 2.05) is 32.0 Å². The topological polar surface area (TPSA) is 47.6 Å². The van der Waals surface area contributed by atoms with Crippen LogP contribution in [-0.2, 0) is 4.79 Å². The molecule has 0 fully saturated rings. The van der Waals surface area contributed by atoms with E-state index in [-0.39, 0.29) is 11.8 Å². The Morgan fingerprint density at radius 2 is 1.89 bits per heavy atom. The highest BCUT2D eigenvalue weighted by Gasteiger charge is 2.16. The highest BCUT2D eigenvalue weighted by atomic mass is 16.5. The molecule has 1 N–H and O–H groups in total. The van der Waals surface area contributed by atoms with Crippen molar-refractivity contribution in [3.63, 3.8) is 0 Å². The number of benzene rings is 1. The van der Waals surface area contributed by atoms with Crippen LogP contribution >= 0.6 is 0 Å². The fraction of sp³-hybridized carbons (Fsp3) is 0.533. The molecular weight excluding hydrogens is 242 g/mol. The van der Waals surface area contributed by atoms with Crippen LogP contribution in [0.1, 0.15) is 33.1 Å². The molecule has 0 saturated carbocycles. The van der Waals surface area contributed by atoms with Gasteiger partial charge in [-0.15, -0.1) is 0 Å². The van der Waals surface area contributed by atoms with Crippen LogP contribution in [0.25, 0.3) is 0 Å². The molecule has 1 aliphatic heterocycles. The predicted octanol–water partition coefficient (Wildman–Crippen LogP) is 3.22. The number of rotatable bonds is 4.